The first kappa shape index (κ1) is 21.3. The molecule has 0 fully saturated rings. The van der Waals surface area contributed by atoms with Gasteiger partial charge in [-0.3, -0.25) is 9.79 Å². The molecule has 0 aromatic heterocycles. The Balaban J connectivity index is 1.73. The van der Waals surface area contributed by atoms with E-state index in [2.05, 4.69) is 60.7 Å². The summed E-state index contributed by atoms with van der Waals surface area (Å²) in [5.74, 6) is 1.76. The summed E-state index contributed by atoms with van der Waals surface area (Å²) in [6, 6.07) is 8.44. The molecule has 0 spiro atoms. The van der Waals surface area contributed by atoms with Gasteiger partial charge in [0.1, 0.15) is 0 Å². The van der Waals surface area contributed by atoms with Crippen LogP contribution in [0.3, 0.4) is 0 Å². The number of carbonyl (C=O) groups is 1. The molecule has 150 valence electrons. The summed E-state index contributed by atoms with van der Waals surface area (Å²) in [5, 5.41) is 6.66. The van der Waals surface area contributed by atoms with Gasteiger partial charge in [-0.2, -0.15) is 0 Å². The van der Waals surface area contributed by atoms with Gasteiger partial charge in [-0.25, -0.2) is 0 Å². The van der Waals surface area contributed by atoms with Crippen molar-refractivity contribution in [1.29, 1.82) is 0 Å². The fraction of sp³-hybridized carbons (Fsp3) is 0.636. The number of amides is 1. The van der Waals surface area contributed by atoms with E-state index >= 15 is 0 Å². The fourth-order valence-electron chi connectivity index (χ4n) is 3.42. The van der Waals surface area contributed by atoms with Crippen LogP contribution < -0.4 is 10.6 Å². The first-order valence-electron chi connectivity index (χ1n) is 10.5. The number of aliphatic imine (C=N–C) groups is 1. The van der Waals surface area contributed by atoms with Crippen molar-refractivity contribution in [3.8, 4) is 0 Å². The van der Waals surface area contributed by atoms with Crippen LogP contribution in [0.15, 0.2) is 29.3 Å². The summed E-state index contributed by atoms with van der Waals surface area (Å²) < 4.78 is 0. The summed E-state index contributed by atoms with van der Waals surface area (Å²) in [5.41, 5.74) is 2.67. The van der Waals surface area contributed by atoms with Crippen LogP contribution in [-0.4, -0.2) is 42.9 Å². The van der Waals surface area contributed by atoms with E-state index < -0.39 is 0 Å². The maximum absolute atomic E-state index is 12.5. The van der Waals surface area contributed by atoms with Crippen molar-refractivity contribution in [2.45, 2.75) is 59.4 Å². The Hall–Kier alpha value is -2.04. The predicted molar refractivity (Wildman–Crippen MR) is 113 cm³/mol. The van der Waals surface area contributed by atoms with Crippen molar-refractivity contribution in [3.63, 3.8) is 0 Å². The first-order valence-corrected chi connectivity index (χ1v) is 10.5. The number of rotatable bonds is 9. The third kappa shape index (κ3) is 6.89. The Labute approximate surface area is 164 Å². The lowest BCUT2D eigenvalue weighted by Gasteiger charge is -2.29. The lowest BCUT2D eigenvalue weighted by Crippen LogP contribution is -2.39. The molecule has 0 unspecified atom stereocenters. The van der Waals surface area contributed by atoms with Gasteiger partial charge in [0, 0.05) is 39.1 Å². The SMILES string of the molecule is CCNC(=NCC(CC)CC)NCCCC(=O)N1CCc2ccccc2C1. The number of hydrogen-bond donors (Lipinski definition) is 2. The highest BCUT2D eigenvalue weighted by Gasteiger charge is 2.19. The van der Waals surface area contributed by atoms with Gasteiger partial charge < -0.3 is 15.5 Å². The monoisotopic (exact) mass is 372 g/mol. The Morgan fingerprint density at radius 2 is 1.89 bits per heavy atom. The highest BCUT2D eigenvalue weighted by molar-refractivity contribution is 5.80. The number of guanidine groups is 1. The zero-order valence-corrected chi connectivity index (χ0v) is 17.3. The van der Waals surface area contributed by atoms with Gasteiger partial charge in [0.05, 0.1) is 0 Å². The highest BCUT2D eigenvalue weighted by Crippen LogP contribution is 2.19. The van der Waals surface area contributed by atoms with Gasteiger partial charge in [-0.1, -0.05) is 51.0 Å². The molecule has 0 atom stereocenters. The number of fused-ring (bicyclic) bond motifs is 1. The molecule has 5 nitrogen and oxygen atoms in total. The molecular weight excluding hydrogens is 336 g/mol. The molecule has 27 heavy (non-hydrogen) atoms. The molecule has 1 aromatic carbocycles. The van der Waals surface area contributed by atoms with Gasteiger partial charge in [0.25, 0.3) is 0 Å². The third-order valence-corrected chi connectivity index (χ3v) is 5.35. The largest absolute Gasteiger partial charge is 0.357 e. The minimum absolute atomic E-state index is 0.255. The molecule has 0 saturated carbocycles. The van der Waals surface area contributed by atoms with Gasteiger partial charge in [-0.05, 0) is 36.8 Å². The van der Waals surface area contributed by atoms with Crippen LogP contribution in [0.5, 0.6) is 0 Å². The van der Waals surface area contributed by atoms with Crippen LogP contribution in [0.2, 0.25) is 0 Å². The van der Waals surface area contributed by atoms with E-state index in [9.17, 15) is 4.79 Å². The topological polar surface area (TPSA) is 56.7 Å². The maximum Gasteiger partial charge on any atom is 0.222 e. The van der Waals surface area contributed by atoms with E-state index in [1.807, 2.05) is 4.90 Å². The van der Waals surface area contributed by atoms with Gasteiger partial charge >= 0.3 is 0 Å². The van der Waals surface area contributed by atoms with Crippen molar-refractivity contribution in [1.82, 2.24) is 15.5 Å². The Kier molecular flexibility index (Phi) is 9.16. The average Bonchev–Trinajstić information content (AvgIpc) is 2.71. The lowest BCUT2D eigenvalue weighted by molar-refractivity contribution is -0.132. The number of carbonyl (C=O) groups excluding carboxylic acids is 1. The summed E-state index contributed by atoms with van der Waals surface area (Å²) in [6.07, 6.45) is 4.70. The molecule has 0 aliphatic carbocycles. The van der Waals surface area contributed by atoms with E-state index in [1.165, 1.54) is 11.1 Å². The normalized spacial score (nSPS) is 14.2. The van der Waals surface area contributed by atoms with E-state index in [0.29, 0.717) is 12.3 Å². The molecular formula is C22H36N4O. The molecule has 1 amide bonds. The fourth-order valence-corrected chi connectivity index (χ4v) is 3.42. The van der Waals surface area contributed by atoms with Gasteiger partial charge in [0.15, 0.2) is 5.96 Å². The Bertz CT molecular complexity index is 610. The van der Waals surface area contributed by atoms with Crippen LogP contribution in [-0.2, 0) is 17.8 Å². The molecule has 1 aliphatic rings. The average molecular weight is 373 g/mol. The summed E-state index contributed by atoms with van der Waals surface area (Å²) >= 11 is 0. The second-order valence-electron chi connectivity index (χ2n) is 7.27. The molecule has 5 heteroatoms. The zero-order chi connectivity index (χ0) is 19.5. The third-order valence-electron chi connectivity index (χ3n) is 5.35. The smallest absolute Gasteiger partial charge is 0.222 e. The summed E-state index contributed by atoms with van der Waals surface area (Å²) in [4.78, 5) is 19.2. The van der Waals surface area contributed by atoms with Crippen LogP contribution in [0.4, 0.5) is 0 Å². The van der Waals surface area contributed by atoms with Crippen LogP contribution >= 0.6 is 0 Å². The van der Waals surface area contributed by atoms with Crippen molar-refractivity contribution in [2.24, 2.45) is 10.9 Å². The molecule has 0 bridgehead atoms. The van der Waals surface area contributed by atoms with E-state index in [-0.39, 0.29) is 5.91 Å². The van der Waals surface area contributed by atoms with Crippen molar-refractivity contribution >= 4 is 11.9 Å². The van der Waals surface area contributed by atoms with Gasteiger partial charge in [0.2, 0.25) is 5.91 Å². The van der Waals surface area contributed by atoms with Crippen molar-refractivity contribution in [3.05, 3.63) is 35.4 Å². The molecule has 0 saturated heterocycles. The quantitative estimate of drug-likeness (QED) is 0.397. The highest BCUT2D eigenvalue weighted by atomic mass is 16.2. The lowest BCUT2D eigenvalue weighted by atomic mass is 9.99. The molecule has 1 aromatic rings. The Morgan fingerprint density at radius 1 is 1.15 bits per heavy atom. The van der Waals surface area contributed by atoms with Crippen molar-refractivity contribution < 1.29 is 4.79 Å². The van der Waals surface area contributed by atoms with Crippen LogP contribution in [0.25, 0.3) is 0 Å². The van der Waals surface area contributed by atoms with Crippen LogP contribution in [0.1, 0.15) is 57.6 Å². The number of benzene rings is 1. The van der Waals surface area contributed by atoms with Gasteiger partial charge in [-0.15, -0.1) is 0 Å². The molecule has 2 rings (SSSR count). The first-order chi connectivity index (χ1) is 13.2. The van der Waals surface area contributed by atoms with E-state index in [1.54, 1.807) is 0 Å². The van der Waals surface area contributed by atoms with Crippen LogP contribution in [0, 0.1) is 5.92 Å². The molecule has 0 radical (unpaired) electrons. The van der Waals surface area contributed by atoms with Crippen molar-refractivity contribution in [2.75, 3.05) is 26.2 Å². The molecule has 1 aliphatic heterocycles. The molecule has 2 N–H and O–H groups in total. The zero-order valence-electron chi connectivity index (χ0n) is 17.3. The number of hydrogen-bond acceptors (Lipinski definition) is 2. The second kappa shape index (κ2) is 11.6. The molecule has 1 heterocycles. The number of nitrogens with zero attached hydrogens (tertiary/aromatic N) is 2. The minimum Gasteiger partial charge on any atom is -0.357 e. The summed E-state index contributed by atoms with van der Waals surface area (Å²) in [6.45, 7) is 10.6. The summed E-state index contributed by atoms with van der Waals surface area (Å²) in [7, 11) is 0. The minimum atomic E-state index is 0.255. The standard InChI is InChI=1S/C22H36N4O/c1-4-18(5-2)16-25-22(23-6-3)24-14-9-12-21(27)26-15-13-19-10-7-8-11-20(19)17-26/h7-8,10-11,18H,4-6,9,12-17H2,1-3H3,(H2,23,24,25). The Morgan fingerprint density at radius 3 is 2.59 bits per heavy atom. The second-order valence-corrected chi connectivity index (χ2v) is 7.27. The van der Waals surface area contributed by atoms with E-state index in [4.69, 9.17) is 0 Å². The predicted octanol–water partition coefficient (Wildman–Crippen LogP) is 3.34. The number of nitrogens with one attached hydrogen (secondary N) is 2. The van der Waals surface area contributed by atoms with E-state index in [0.717, 1.165) is 64.4 Å². The maximum atomic E-state index is 12.5.